The van der Waals surface area contributed by atoms with Gasteiger partial charge in [-0.2, -0.15) is 0 Å². The van der Waals surface area contributed by atoms with Crippen LogP contribution in [0.4, 0.5) is 0 Å². The van der Waals surface area contributed by atoms with E-state index in [1.807, 2.05) is 0 Å². The molecule has 9 atom stereocenters. The molecule has 0 spiro atoms. The Labute approximate surface area is 383 Å². The Kier molecular flexibility index (Phi) is 22.2. The topological polar surface area (TPSA) is 406 Å². The van der Waals surface area contributed by atoms with Gasteiger partial charge in [0.25, 0.3) is 0 Å². The summed E-state index contributed by atoms with van der Waals surface area (Å²) in [6.45, 7) is 9.41. The third kappa shape index (κ3) is 18.5. The number of benzene rings is 1. The fraction of sp³-hybridized carbons (Fsp3) is 0.619. The molecule has 1 aliphatic heterocycles. The molecule has 1 aromatic rings. The molecular formula is C42H68N12O12. The van der Waals surface area contributed by atoms with E-state index in [0.717, 1.165) is 0 Å². The van der Waals surface area contributed by atoms with Crippen LogP contribution in [0.1, 0.15) is 85.6 Å². The number of nitrogens with two attached hydrogens (primary N) is 4. The van der Waals surface area contributed by atoms with E-state index >= 15 is 0 Å². The molecule has 8 amide bonds. The van der Waals surface area contributed by atoms with Crippen LogP contribution in [-0.2, 0) is 49.6 Å². The SMILES string of the molecule is CC(C)CC(NC(=O)C(CCC(=O)O)NC(=O)C(C(C)C)N1CC(NC(=O)C(NC(=O)C(Cc2ccc(O)cc2)NC(=O)C(N)CCCN=C(N)N)C(C)O)CC1=O)C(=O)NC(C)C(N)=O. The number of phenols is 1. The average Bonchev–Trinajstić information content (AvgIpc) is 3.57. The van der Waals surface area contributed by atoms with Crippen LogP contribution in [0.15, 0.2) is 29.3 Å². The molecule has 2 rings (SSSR count). The van der Waals surface area contributed by atoms with E-state index in [1.165, 1.54) is 43.0 Å². The highest BCUT2D eigenvalue weighted by Gasteiger charge is 2.42. The van der Waals surface area contributed by atoms with Crippen LogP contribution >= 0.6 is 0 Å². The van der Waals surface area contributed by atoms with Gasteiger partial charge in [0.15, 0.2) is 5.96 Å². The summed E-state index contributed by atoms with van der Waals surface area (Å²) in [6, 6.07) is -4.11. The molecule has 9 unspecified atom stereocenters. The van der Waals surface area contributed by atoms with Crippen LogP contribution in [-0.4, -0.2) is 147 Å². The largest absolute Gasteiger partial charge is 0.508 e. The monoisotopic (exact) mass is 933 g/mol. The van der Waals surface area contributed by atoms with Crippen LogP contribution in [0.2, 0.25) is 0 Å². The number of aliphatic imine (C=N–C) groups is 1. The zero-order valence-electron chi connectivity index (χ0n) is 38.2. The second-order valence-electron chi connectivity index (χ2n) is 17.2. The molecule has 1 fully saturated rings. The van der Waals surface area contributed by atoms with Gasteiger partial charge < -0.3 is 75.1 Å². The van der Waals surface area contributed by atoms with E-state index in [9.17, 15) is 58.5 Å². The summed E-state index contributed by atoms with van der Waals surface area (Å²) < 4.78 is 0. The van der Waals surface area contributed by atoms with Crippen LogP contribution in [0, 0.1) is 11.8 Å². The van der Waals surface area contributed by atoms with E-state index in [2.05, 4.69) is 36.9 Å². The number of carboxylic acids is 1. The summed E-state index contributed by atoms with van der Waals surface area (Å²) in [5.74, 6) is -8.47. The standard InChI is InChI=1S/C42H68N12O12/c1-20(2)16-29(38(63)48-22(5)35(44)60)52-37(62)28(13-14-32(58)59)50-41(66)34(21(3)4)54-19-25(18-31(54)57)49-40(65)33(23(6)55)53-39(64)30(17-24-9-11-26(56)12-10-24)51-36(61)27(43)8-7-15-47-42(45)46/h9-12,20-23,25,27-30,33-34,55-56H,7-8,13-19,43H2,1-6H3,(H2,44,60)(H,48,63)(H,49,65)(H,50,66)(H,51,61)(H,52,62)(H,53,64)(H,58,59)(H4,45,46,47). The van der Waals surface area contributed by atoms with E-state index in [1.54, 1.807) is 27.7 Å². The van der Waals surface area contributed by atoms with E-state index in [4.69, 9.17) is 22.9 Å². The number of aromatic hydroxyl groups is 1. The van der Waals surface area contributed by atoms with Crippen LogP contribution < -0.4 is 54.8 Å². The highest BCUT2D eigenvalue weighted by atomic mass is 16.4. The molecule has 1 aromatic carbocycles. The zero-order chi connectivity index (χ0) is 50.0. The molecule has 0 aromatic heterocycles. The first-order valence-corrected chi connectivity index (χ1v) is 21.7. The van der Waals surface area contributed by atoms with Crippen molar-refractivity contribution >= 4 is 59.2 Å². The van der Waals surface area contributed by atoms with Crippen molar-refractivity contribution in [1.29, 1.82) is 0 Å². The minimum absolute atomic E-state index is 0.0443. The molecule has 1 saturated heterocycles. The summed E-state index contributed by atoms with van der Waals surface area (Å²) in [5, 5.41) is 45.1. The maximum Gasteiger partial charge on any atom is 0.303 e. The number of carbonyl (C=O) groups is 9. The van der Waals surface area contributed by atoms with Gasteiger partial charge in [0.2, 0.25) is 47.3 Å². The highest BCUT2D eigenvalue weighted by molar-refractivity contribution is 5.97. The molecule has 24 nitrogen and oxygen atoms in total. The Morgan fingerprint density at radius 3 is 1.89 bits per heavy atom. The Morgan fingerprint density at radius 2 is 1.35 bits per heavy atom. The number of phenolic OH excluding ortho intramolecular Hbond substituents is 1. The summed E-state index contributed by atoms with van der Waals surface area (Å²) in [7, 11) is 0. The van der Waals surface area contributed by atoms with E-state index in [-0.39, 0.29) is 56.4 Å². The molecule has 0 bridgehead atoms. The predicted octanol–water partition coefficient (Wildman–Crippen LogP) is -3.72. The summed E-state index contributed by atoms with van der Waals surface area (Å²) >= 11 is 0. The van der Waals surface area contributed by atoms with Gasteiger partial charge in [0.1, 0.15) is 42.0 Å². The smallest absolute Gasteiger partial charge is 0.303 e. The molecule has 66 heavy (non-hydrogen) atoms. The second-order valence-corrected chi connectivity index (χ2v) is 17.2. The molecule has 0 radical (unpaired) electrons. The van der Waals surface area contributed by atoms with Gasteiger partial charge in [-0.25, -0.2) is 0 Å². The van der Waals surface area contributed by atoms with Crippen molar-refractivity contribution in [2.45, 2.75) is 141 Å². The van der Waals surface area contributed by atoms with E-state index < -0.39 is 126 Å². The lowest BCUT2D eigenvalue weighted by molar-refractivity contribution is -0.141. The number of carbonyl (C=O) groups excluding carboxylic acids is 8. The van der Waals surface area contributed by atoms with E-state index in [0.29, 0.717) is 12.0 Å². The van der Waals surface area contributed by atoms with Gasteiger partial charge in [-0.15, -0.1) is 0 Å². The number of amides is 8. The quantitative estimate of drug-likeness (QED) is 0.0229. The van der Waals surface area contributed by atoms with Gasteiger partial charge in [-0.3, -0.25) is 48.1 Å². The Balaban J connectivity index is 2.26. The minimum atomic E-state index is -1.60. The lowest BCUT2D eigenvalue weighted by atomic mass is 9.99. The number of aliphatic carboxylic acids is 1. The number of aliphatic hydroxyl groups excluding tert-OH is 1. The van der Waals surface area contributed by atoms with Crippen molar-refractivity contribution < 1.29 is 58.5 Å². The summed E-state index contributed by atoms with van der Waals surface area (Å²) in [4.78, 5) is 123. The number of nitrogens with zero attached hydrogens (tertiary/aromatic N) is 2. The van der Waals surface area contributed by atoms with Crippen molar-refractivity contribution in [2.24, 2.45) is 39.8 Å². The fourth-order valence-corrected chi connectivity index (χ4v) is 7.01. The number of hydrogen-bond acceptors (Lipinski definition) is 13. The maximum atomic E-state index is 14.0. The van der Waals surface area contributed by atoms with Gasteiger partial charge >= 0.3 is 5.97 Å². The third-order valence-electron chi connectivity index (χ3n) is 10.5. The molecule has 0 saturated carbocycles. The van der Waals surface area contributed by atoms with Crippen LogP contribution in [0.5, 0.6) is 5.75 Å². The number of primary amides is 1. The second kappa shape index (κ2) is 26.4. The molecule has 368 valence electrons. The Morgan fingerprint density at radius 1 is 0.773 bits per heavy atom. The predicted molar refractivity (Wildman–Crippen MR) is 239 cm³/mol. The third-order valence-corrected chi connectivity index (χ3v) is 10.5. The number of guanidine groups is 1. The molecule has 1 aliphatic rings. The van der Waals surface area contributed by atoms with Gasteiger partial charge in [0.05, 0.1) is 18.2 Å². The first kappa shape index (κ1) is 55.6. The Bertz CT molecular complexity index is 1910. The normalized spacial score (nSPS) is 17.2. The average molecular weight is 933 g/mol. The minimum Gasteiger partial charge on any atom is -0.508 e. The lowest BCUT2D eigenvalue weighted by Gasteiger charge is -2.32. The first-order chi connectivity index (χ1) is 30.8. The van der Waals surface area contributed by atoms with Gasteiger partial charge in [-0.05, 0) is 69.1 Å². The summed E-state index contributed by atoms with van der Waals surface area (Å²) in [6.07, 6.45) is -2.24. The van der Waals surface area contributed by atoms with Crippen molar-refractivity contribution in [2.75, 3.05) is 13.1 Å². The molecule has 1 heterocycles. The number of rotatable bonds is 27. The van der Waals surface area contributed by atoms with Crippen molar-refractivity contribution in [3.8, 4) is 5.75 Å². The molecule has 0 aliphatic carbocycles. The molecular weight excluding hydrogens is 865 g/mol. The van der Waals surface area contributed by atoms with Crippen molar-refractivity contribution in [3.05, 3.63) is 29.8 Å². The van der Waals surface area contributed by atoms with Gasteiger partial charge in [0, 0.05) is 32.4 Å². The summed E-state index contributed by atoms with van der Waals surface area (Å²) in [5.41, 5.74) is 22.6. The lowest BCUT2D eigenvalue weighted by Crippen LogP contribution is -2.60. The highest BCUT2D eigenvalue weighted by Crippen LogP contribution is 2.21. The Hall–Kier alpha value is -6.56. The maximum absolute atomic E-state index is 14.0. The van der Waals surface area contributed by atoms with Crippen molar-refractivity contribution in [1.82, 2.24) is 36.8 Å². The number of hydrogen-bond donors (Lipinski definition) is 13. The number of nitrogens with one attached hydrogen (secondary N) is 6. The van der Waals surface area contributed by atoms with Crippen molar-refractivity contribution in [3.63, 3.8) is 0 Å². The number of likely N-dealkylation sites (tertiary alicyclic amines) is 1. The zero-order valence-corrected chi connectivity index (χ0v) is 38.2. The molecule has 24 heteroatoms. The fourth-order valence-electron chi connectivity index (χ4n) is 7.01. The number of aliphatic hydroxyl groups is 1. The van der Waals surface area contributed by atoms with Gasteiger partial charge in [-0.1, -0.05) is 39.8 Å². The first-order valence-electron chi connectivity index (χ1n) is 21.7. The van der Waals surface area contributed by atoms with Crippen LogP contribution in [0.3, 0.4) is 0 Å². The van der Waals surface area contributed by atoms with Crippen LogP contribution in [0.25, 0.3) is 0 Å². The number of carboxylic acid groups (broad SMARTS) is 1. The molecule has 17 N–H and O–H groups in total.